The molecule has 0 amide bonds. The number of carbonyl (C=O) groups excluding carboxylic acids is 2. The number of ketones is 1. The molecule has 1 heterocycles. The molecule has 1 aromatic rings. The number of rotatable bonds is 5. The van der Waals surface area contributed by atoms with E-state index in [1.165, 1.54) is 0 Å². The highest BCUT2D eigenvalue weighted by Crippen LogP contribution is 2.53. The Morgan fingerprint density at radius 1 is 1.48 bits per heavy atom. The zero-order valence-electron chi connectivity index (χ0n) is 13.1. The van der Waals surface area contributed by atoms with Gasteiger partial charge < -0.3 is 4.74 Å². The molecule has 114 valence electrons. The van der Waals surface area contributed by atoms with Crippen molar-refractivity contribution in [3.63, 3.8) is 0 Å². The van der Waals surface area contributed by atoms with Crippen LogP contribution < -0.4 is 0 Å². The number of carbonyl (C=O) groups is 2. The topological polar surface area (TPSA) is 56.3 Å². The van der Waals surface area contributed by atoms with E-state index in [1.807, 2.05) is 19.1 Å². The van der Waals surface area contributed by atoms with Crippen LogP contribution in [-0.4, -0.2) is 16.7 Å². The Labute approximate surface area is 125 Å². The largest absolute Gasteiger partial charge is 0.458 e. The first-order valence-corrected chi connectivity index (χ1v) is 7.42. The first-order chi connectivity index (χ1) is 9.82. The predicted octanol–water partition coefficient (Wildman–Crippen LogP) is 3.33. The third-order valence-corrected chi connectivity index (χ3v) is 4.84. The second-order valence-corrected chi connectivity index (χ2v) is 6.54. The van der Waals surface area contributed by atoms with Crippen LogP contribution in [0.25, 0.3) is 0 Å². The second-order valence-electron chi connectivity index (χ2n) is 6.54. The predicted molar refractivity (Wildman–Crippen MR) is 79.4 cm³/mol. The molecule has 0 bridgehead atoms. The summed E-state index contributed by atoms with van der Waals surface area (Å²) < 4.78 is 5.47. The molecule has 0 spiro atoms. The van der Waals surface area contributed by atoms with Gasteiger partial charge >= 0.3 is 5.97 Å². The summed E-state index contributed by atoms with van der Waals surface area (Å²) in [5, 5.41) is 0. The minimum absolute atomic E-state index is 0.0750. The standard InChI is InChI=1S/C17H23NO3/c1-11(19)15-8-14(17(15,3)4)9-16(20)21-12(2)13-6-5-7-18-10-13/h5-7,10,12,14-15H,8-9H2,1-4H3/t12-,14+,15-/m0/s1. The van der Waals surface area contributed by atoms with Gasteiger partial charge in [0, 0.05) is 30.3 Å². The lowest BCUT2D eigenvalue weighted by Crippen LogP contribution is -2.49. The van der Waals surface area contributed by atoms with E-state index in [1.54, 1.807) is 19.3 Å². The quantitative estimate of drug-likeness (QED) is 0.780. The Bertz CT molecular complexity index is 524. The fourth-order valence-corrected chi connectivity index (χ4v) is 3.18. The van der Waals surface area contributed by atoms with Gasteiger partial charge in [0.15, 0.2) is 0 Å². The van der Waals surface area contributed by atoms with Gasteiger partial charge in [-0.05, 0) is 37.7 Å². The van der Waals surface area contributed by atoms with E-state index in [0.29, 0.717) is 6.42 Å². The Kier molecular flexibility index (Phi) is 4.45. The lowest BCUT2D eigenvalue weighted by Gasteiger charge is -2.50. The highest BCUT2D eigenvalue weighted by atomic mass is 16.5. The van der Waals surface area contributed by atoms with Crippen LogP contribution >= 0.6 is 0 Å². The number of hydrogen-bond acceptors (Lipinski definition) is 4. The molecule has 1 aliphatic rings. The summed E-state index contributed by atoms with van der Waals surface area (Å²) in [5.41, 5.74) is 0.780. The number of nitrogens with zero attached hydrogens (tertiary/aromatic N) is 1. The summed E-state index contributed by atoms with van der Waals surface area (Å²) in [4.78, 5) is 27.6. The van der Waals surface area contributed by atoms with Crippen molar-refractivity contribution in [1.29, 1.82) is 0 Å². The highest BCUT2D eigenvalue weighted by molar-refractivity contribution is 5.81. The van der Waals surface area contributed by atoms with Crippen molar-refractivity contribution in [2.24, 2.45) is 17.3 Å². The van der Waals surface area contributed by atoms with Crippen LogP contribution in [0.5, 0.6) is 0 Å². The number of ether oxygens (including phenoxy) is 1. The SMILES string of the molecule is CC(=O)[C@@H]1C[C@H](CC(=O)O[C@@H](C)c2cccnc2)C1(C)C. The van der Waals surface area contributed by atoms with Crippen molar-refractivity contribution in [3.05, 3.63) is 30.1 Å². The van der Waals surface area contributed by atoms with Gasteiger partial charge in [-0.1, -0.05) is 19.9 Å². The molecule has 0 radical (unpaired) electrons. The minimum Gasteiger partial charge on any atom is -0.458 e. The molecule has 1 aliphatic carbocycles. The molecule has 0 unspecified atom stereocenters. The van der Waals surface area contributed by atoms with E-state index in [-0.39, 0.29) is 35.1 Å². The maximum absolute atomic E-state index is 12.1. The average molecular weight is 289 g/mol. The monoisotopic (exact) mass is 289 g/mol. The zero-order valence-corrected chi connectivity index (χ0v) is 13.1. The van der Waals surface area contributed by atoms with Crippen molar-refractivity contribution in [2.75, 3.05) is 0 Å². The average Bonchev–Trinajstić information content (AvgIpc) is 2.43. The summed E-state index contributed by atoms with van der Waals surface area (Å²) in [6, 6.07) is 3.72. The number of pyridine rings is 1. The summed E-state index contributed by atoms with van der Waals surface area (Å²) in [7, 11) is 0. The van der Waals surface area contributed by atoms with Gasteiger partial charge in [0.25, 0.3) is 0 Å². The number of esters is 1. The fourth-order valence-electron chi connectivity index (χ4n) is 3.18. The lowest BCUT2D eigenvalue weighted by molar-refractivity contribution is -0.157. The molecule has 2 rings (SSSR count). The molecule has 0 aromatic carbocycles. The highest BCUT2D eigenvalue weighted by Gasteiger charge is 2.50. The zero-order chi connectivity index (χ0) is 15.6. The number of hydrogen-bond donors (Lipinski definition) is 0. The fraction of sp³-hybridized carbons (Fsp3) is 0.588. The van der Waals surface area contributed by atoms with E-state index in [4.69, 9.17) is 4.74 Å². The maximum atomic E-state index is 12.1. The molecule has 0 saturated heterocycles. The molecule has 1 fully saturated rings. The van der Waals surface area contributed by atoms with Crippen molar-refractivity contribution < 1.29 is 14.3 Å². The Balaban J connectivity index is 1.88. The van der Waals surface area contributed by atoms with Gasteiger partial charge in [-0.3, -0.25) is 14.6 Å². The molecule has 4 nitrogen and oxygen atoms in total. The Morgan fingerprint density at radius 3 is 2.71 bits per heavy atom. The molecule has 21 heavy (non-hydrogen) atoms. The number of aromatic nitrogens is 1. The second kappa shape index (κ2) is 5.96. The third kappa shape index (κ3) is 3.31. The molecule has 4 heteroatoms. The van der Waals surface area contributed by atoms with Crippen LogP contribution in [-0.2, 0) is 14.3 Å². The van der Waals surface area contributed by atoms with Crippen LogP contribution in [0.1, 0.15) is 52.2 Å². The summed E-state index contributed by atoms with van der Waals surface area (Å²) in [5.74, 6) is 0.311. The summed E-state index contributed by atoms with van der Waals surface area (Å²) >= 11 is 0. The van der Waals surface area contributed by atoms with Crippen molar-refractivity contribution in [2.45, 2.75) is 46.6 Å². The van der Waals surface area contributed by atoms with Crippen LogP contribution in [0.3, 0.4) is 0 Å². The van der Waals surface area contributed by atoms with Gasteiger partial charge in [0.1, 0.15) is 11.9 Å². The third-order valence-electron chi connectivity index (χ3n) is 4.84. The molecular formula is C17H23NO3. The lowest BCUT2D eigenvalue weighted by atomic mass is 9.53. The van der Waals surface area contributed by atoms with Gasteiger partial charge in [-0.2, -0.15) is 0 Å². The maximum Gasteiger partial charge on any atom is 0.306 e. The molecule has 3 atom stereocenters. The Hall–Kier alpha value is -1.71. The summed E-state index contributed by atoms with van der Waals surface area (Å²) in [6.45, 7) is 7.60. The number of Topliss-reactive ketones (excluding diaryl/α,β-unsaturated/α-hetero) is 1. The van der Waals surface area contributed by atoms with Crippen LogP contribution in [0.2, 0.25) is 0 Å². The molecule has 1 saturated carbocycles. The molecular weight excluding hydrogens is 266 g/mol. The smallest absolute Gasteiger partial charge is 0.306 e. The Morgan fingerprint density at radius 2 is 2.19 bits per heavy atom. The minimum atomic E-state index is -0.294. The van der Waals surface area contributed by atoms with E-state index in [0.717, 1.165) is 12.0 Å². The van der Waals surface area contributed by atoms with Crippen LogP contribution in [0, 0.1) is 17.3 Å². The first kappa shape index (κ1) is 15.7. The first-order valence-electron chi connectivity index (χ1n) is 7.42. The van der Waals surface area contributed by atoms with Gasteiger partial charge in [-0.25, -0.2) is 0 Å². The van der Waals surface area contributed by atoms with Gasteiger partial charge in [-0.15, -0.1) is 0 Å². The van der Waals surface area contributed by atoms with Crippen LogP contribution in [0.4, 0.5) is 0 Å². The summed E-state index contributed by atoms with van der Waals surface area (Å²) in [6.07, 6.45) is 4.27. The normalized spacial score (nSPS) is 24.8. The molecule has 0 aliphatic heterocycles. The van der Waals surface area contributed by atoms with Gasteiger partial charge in [0.2, 0.25) is 0 Å². The van der Waals surface area contributed by atoms with E-state index < -0.39 is 0 Å². The van der Waals surface area contributed by atoms with Crippen molar-refractivity contribution in [3.8, 4) is 0 Å². The van der Waals surface area contributed by atoms with E-state index in [9.17, 15) is 9.59 Å². The van der Waals surface area contributed by atoms with Gasteiger partial charge in [0.05, 0.1) is 0 Å². The van der Waals surface area contributed by atoms with Crippen LogP contribution in [0.15, 0.2) is 24.5 Å². The van der Waals surface area contributed by atoms with Crippen molar-refractivity contribution >= 4 is 11.8 Å². The van der Waals surface area contributed by atoms with E-state index >= 15 is 0 Å². The van der Waals surface area contributed by atoms with E-state index in [2.05, 4.69) is 18.8 Å². The molecule has 1 aromatic heterocycles. The molecule has 0 N–H and O–H groups in total. The van der Waals surface area contributed by atoms with Crippen molar-refractivity contribution in [1.82, 2.24) is 4.98 Å².